The van der Waals surface area contributed by atoms with Gasteiger partial charge in [0, 0.05) is 22.7 Å². The second-order valence-corrected chi connectivity index (χ2v) is 4.33. The monoisotopic (exact) mass is 280 g/mol. The number of aromatic amines is 2. The van der Waals surface area contributed by atoms with E-state index in [4.69, 9.17) is 10.4 Å². The number of carboxylic acid groups (broad SMARTS) is 1. The van der Waals surface area contributed by atoms with Crippen LogP contribution in [0.15, 0.2) is 30.7 Å². The number of carbonyl (C=O) groups excluding carboxylic acids is 1. The molecule has 1 aromatic carbocycles. The van der Waals surface area contributed by atoms with Crippen molar-refractivity contribution in [2.75, 3.05) is 0 Å². The number of aromatic nitrogens is 3. The fourth-order valence-corrected chi connectivity index (χ4v) is 2.14. The summed E-state index contributed by atoms with van der Waals surface area (Å²) in [4.78, 5) is 32.6. The van der Waals surface area contributed by atoms with Crippen molar-refractivity contribution >= 4 is 22.7 Å². The number of fused-ring (bicyclic) bond motifs is 1. The van der Waals surface area contributed by atoms with Gasteiger partial charge in [-0.25, -0.2) is 9.78 Å². The molecule has 0 aliphatic heterocycles. The third-order valence-corrected chi connectivity index (χ3v) is 3.12. The first kappa shape index (κ1) is 12.6. The Morgan fingerprint density at radius 2 is 2.10 bits per heavy atom. The highest BCUT2D eigenvalue weighted by molar-refractivity contribution is 6.18. The molecule has 0 unspecified atom stereocenters. The highest BCUT2D eigenvalue weighted by Crippen LogP contribution is 2.22. The second-order valence-electron chi connectivity index (χ2n) is 4.33. The van der Waals surface area contributed by atoms with Gasteiger partial charge in [0.2, 0.25) is 5.78 Å². The average Bonchev–Trinajstić information content (AvgIpc) is 3.12. The number of nitrogens with one attached hydrogen (secondary N) is 2. The molecule has 0 saturated carbocycles. The van der Waals surface area contributed by atoms with Gasteiger partial charge in [-0.2, -0.15) is 5.26 Å². The van der Waals surface area contributed by atoms with Crippen LogP contribution in [0.3, 0.4) is 0 Å². The molecular formula is C14H8N4O3. The Kier molecular flexibility index (Phi) is 2.77. The molecule has 0 saturated heterocycles. The molecule has 0 fully saturated rings. The Hall–Kier alpha value is -3.40. The van der Waals surface area contributed by atoms with Crippen molar-refractivity contribution < 1.29 is 14.7 Å². The van der Waals surface area contributed by atoms with E-state index in [-0.39, 0.29) is 17.0 Å². The molecule has 0 spiro atoms. The minimum Gasteiger partial charge on any atom is -0.477 e. The van der Waals surface area contributed by atoms with Crippen LogP contribution in [0.25, 0.3) is 10.9 Å². The maximum Gasteiger partial charge on any atom is 0.354 e. The summed E-state index contributed by atoms with van der Waals surface area (Å²) in [6.07, 6.45) is 2.64. The lowest BCUT2D eigenvalue weighted by Gasteiger charge is -1.98. The lowest BCUT2D eigenvalue weighted by molar-refractivity contribution is 0.0687. The SMILES string of the molecule is N#Cc1ccc2[nH]cc(C(=O)c3nc[nH]c3C(=O)O)c2c1. The Morgan fingerprint density at radius 1 is 1.29 bits per heavy atom. The van der Waals surface area contributed by atoms with Crippen molar-refractivity contribution in [3.63, 3.8) is 0 Å². The largest absolute Gasteiger partial charge is 0.477 e. The zero-order valence-corrected chi connectivity index (χ0v) is 10.5. The Bertz CT molecular complexity index is 914. The van der Waals surface area contributed by atoms with Gasteiger partial charge in [-0.15, -0.1) is 0 Å². The molecule has 3 rings (SSSR count). The molecule has 3 N–H and O–H groups in total. The van der Waals surface area contributed by atoms with Gasteiger partial charge < -0.3 is 15.1 Å². The van der Waals surface area contributed by atoms with Crippen LogP contribution in [0.2, 0.25) is 0 Å². The van der Waals surface area contributed by atoms with Crippen molar-refractivity contribution in [2.45, 2.75) is 0 Å². The van der Waals surface area contributed by atoms with Crippen LogP contribution < -0.4 is 0 Å². The molecular weight excluding hydrogens is 272 g/mol. The summed E-state index contributed by atoms with van der Waals surface area (Å²) < 4.78 is 0. The number of benzene rings is 1. The van der Waals surface area contributed by atoms with Crippen LogP contribution in [0, 0.1) is 11.3 Å². The molecule has 0 radical (unpaired) electrons. The number of carboxylic acids is 1. The quantitative estimate of drug-likeness (QED) is 0.630. The van der Waals surface area contributed by atoms with Crippen molar-refractivity contribution in [2.24, 2.45) is 0 Å². The van der Waals surface area contributed by atoms with Crippen LogP contribution in [0.1, 0.15) is 32.1 Å². The predicted octanol–water partition coefficient (Wildman–Crippen LogP) is 1.69. The number of carbonyl (C=O) groups is 2. The van der Waals surface area contributed by atoms with E-state index in [1.54, 1.807) is 18.2 Å². The van der Waals surface area contributed by atoms with Gasteiger partial charge in [-0.1, -0.05) is 0 Å². The molecule has 0 amide bonds. The fraction of sp³-hybridized carbons (Fsp3) is 0. The normalized spacial score (nSPS) is 10.4. The van der Waals surface area contributed by atoms with E-state index in [1.807, 2.05) is 6.07 Å². The summed E-state index contributed by atoms with van der Waals surface area (Å²) in [6.45, 7) is 0. The molecule has 3 aromatic rings. The molecule has 102 valence electrons. The number of rotatable bonds is 3. The van der Waals surface area contributed by atoms with E-state index in [9.17, 15) is 9.59 Å². The van der Waals surface area contributed by atoms with Crippen molar-refractivity contribution in [1.82, 2.24) is 15.0 Å². The zero-order valence-electron chi connectivity index (χ0n) is 10.5. The number of nitriles is 1. The molecule has 21 heavy (non-hydrogen) atoms. The molecule has 7 nitrogen and oxygen atoms in total. The summed E-state index contributed by atoms with van der Waals surface area (Å²) in [6, 6.07) is 6.89. The molecule has 2 heterocycles. The minimum absolute atomic E-state index is 0.161. The number of ketones is 1. The summed E-state index contributed by atoms with van der Waals surface area (Å²) >= 11 is 0. The molecule has 7 heteroatoms. The second kappa shape index (κ2) is 4.61. The first-order valence-electron chi connectivity index (χ1n) is 5.94. The van der Waals surface area contributed by atoms with Crippen LogP contribution >= 0.6 is 0 Å². The van der Waals surface area contributed by atoms with Crippen LogP contribution in [-0.2, 0) is 0 Å². The van der Waals surface area contributed by atoms with Gasteiger partial charge in [0.25, 0.3) is 0 Å². The number of aromatic carboxylic acids is 1. The third kappa shape index (κ3) is 1.95. The van der Waals surface area contributed by atoms with E-state index in [0.29, 0.717) is 16.5 Å². The lowest BCUT2D eigenvalue weighted by Crippen LogP contribution is -2.09. The summed E-state index contributed by atoms with van der Waals surface area (Å²) in [5.41, 5.74) is 0.953. The summed E-state index contributed by atoms with van der Waals surface area (Å²) in [7, 11) is 0. The molecule has 0 aliphatic rings. The van der Waals surface area contributed by atoms with Gasteiger partial charge in [-0.3, -0.25) is 4.79 Å². The molecule has 0 atom stereocenters. The highest BCUT2D eigenvalue weighted by Gasteiger charge is 2.23. The Balaban J connectivity index is 2.16. The third-order valence-electron chi connectivity index (χ3n) is 3.12. The average molecular weight is 280 g/mol. The van der Waals surface area contributed by atoms with Gasteiger partial charge in [0.05, 0.1) is 18.0 Å². The first-order valence-corrected chi connectivity index (χ1v) is 5.94. The smallest absolute Gasteiger partial charge is 0.354 e. The van der Waals surface area contributed by atoms with Crippen LogP contribution in [0.5, 0.6) is 0 Å². The van der Waals surface area contributed by atoms with E-state index in [1.165, 1.54) is 6.20 Å². The van der Waals surface area contributed by atoms with Crippen molar-refractivity contribution in [3.8, 4) is 6.07 Å². The first-order chi connectivity index (χ1) is 10.1. The lowest BCUT2D eigenvalue weighted by atomic mass is 10.0. The number of hydrogen-bond donors (Lipinski definition) is 3. The highest BCUT2D eigenvalue weighted by atomic mass is 16.4. The molecule has 0 aliphatic carbocycles. The Labute approximate surface area is 117 Å². The van der Waals surface area contributed by atoms with E-state index in [2.05, 4.69) is 15.0 Å². The number of hydrogen-bond acceptors (Lipinski definition) is 4. The van der Waals surface area contributed by atoms with E-state index >= 15 is 0 Å². The molecule has 0 bridgehead atoms. The topological polar surface area (TPSA) is 123 Å². The number of H-pyrrole nitrogens is 2. The van der Waals surface area contributed by atoms with Gasteiger partial charge >= 0.3 is 5.97 Å². The zero-order chi connectivity index (χ0) is 15.0. The number of imidazole rings is 1. The van der Waals surface area contributed by atoms with Crippen molar-refractivity contribution in [3.05, 3.63) is 53.2 Å². The summed E-state index contributed by atoms with van der Waals surface area (Å²) in [5, 5.41) is 18.5. The van der Waals surface area contributed by atoms with Gasteiger partial charge in [0.1, 0.15) is 5.69 Å². The number of nitrogens with zero attached hydrogens (tertiary/aromatic N) is 2. The van der Waals surface area contributed by atoms with Crippen LogP contribution in [0.4, 0.5) is 0 Å². The van der Waals surface area contributed by atoms with Gasteiger partial charge in [-0.05, 0) is 18.2 Å². The van der Waals surface area contributed by atoms with Crippen molar-refractivity contribution in [1.29, 1.82) is 5.26 Å². The maximum atomic E-state index is 12.5. The standard InChI is InChI=1S/C14H8N4O3/c15-4-7-1-2-10-8(3-7)9(5-16-10)13(19)11-12(14(20)21)18-6-17-11/h1-3,5-6,16H,(H,17,18)(H,20,21). The van der Waals surface area contributed by atoms with E-state index in [0.717, 1.165) is 6.33 Å². The Morgan fingerprint density at radius 3 is 2.81 bits per heavy atom. The fourth-order valence-electron chi connectivity index (χ4n) is 2.14. The minimum atomic E-state index is -1.26. The van der Waals surface area contributed by atoms with Gasteiger partial charge in [0.15, 0.2) is 5.69 Å². The summed E-state index contributed by atoms with van der Waals surface area (Å²) in [5.74, 6) is -1.77. The maximum absolute atomic E-state index is 12.5. The van der Waals surface area contributed by atoms with Crippen LogP contribution in [-0.4, -0.2) is 31.8 Å². The van der Waals surface area contributed by atoms with E-state index < -0.39 is 11.8 Å². The molecule has 2 aromatic heterocycles. The predicted molar refractivity (Wildman–Crippen MR) is 72.0 cm³/mol.